The fourth-order valence-electron chi connectivity index (χ4n) is 4.78. The SMILES string of the molecule is CCCCC(=O)NCc1ccc(Oc2ccc(OC3(C4CCCCC4)C(=O)NC(=O)NC3=O)cc2)cc1. The smallest absolute Gasteiger partial charge is 0.328 e. The molecule has 0 radical (unpaired) electrons. The van der Waals surface area contributed by atoms with Crippen molar-refractivity contribution in [3.63, 3.8) is 0 Å². The molecule has 0 atom stereocenters. The van der Waals surface area contributed by atoms with E-state index in [1.807, 2.05) is 24.3 Å². The normalized spacial score (nSPS) is 17.5. The lowest BCUT2D eigenvalue weighted by Crippen LogP contribution is -2.72. The molecule has 196 valence electrons. The second kappa shape index (κ2) is 11.9. The number of hydrogen-bond acceptors (Lipinski definition) is 6. The molecule has 2 aromatic rings. The van der Waals surface area contributed by atoms with Crippen LogP contribution in [-0.4, -0.2) is 29.4 Å². The van der Waals surface area contributed by atoms with Crippen molar-refractivity contribution in [3.8, 4) is 17.2 Å². The monoisotopic (exact) mass is 507 g/mol. The Morgan fingerprint density at radius 3 is 2.05 bits per heavy atom. The van der Waals surface area contributed by atoms with Crippen LogP contribution in [0.3, 0.4) is 0 Å². The number of imide groups is 2. The maximum Gasteiger partial charge on any atom is 0.328 e. The van der Waals surface area contributed by atoms with Gasteiger partial charge in [0.05, 0.1) is 0 Å². The first-order valence-electron chi connectivity index (χ1n) is 12.9. The largest absolute Gasteiger partial charge is 0.467 e. The molecule has 2 aromatic carbocycles. The molecule has 2 fully saturated rings. The van der Waals surface area contributed by atoms with Crippen molar-refractivity contribution in [2.45, 2.75) is 70.4 Å². The van der Waals surface area contributed by atoms with Gasteiger partial charge in [0.1, 0.15) is 17.2 Å². The minimum absolute atomic E-state index is 0.0459. The van der Waals surface area contributed by atoms with Crippen molar-refractivity contribution < 1.29 is 28.7 Å². The highest BCUT2D eigenvalue weighted by molar-refractivity contribution is 6.22. The number of ether oxygens (including phenoxy) is 2. The van der Waals surface area contributed by atoms with Crippen molar-refractivity contribution in [1.82, 2.24) is 16.0 Å². The van der Waals surface area contributed by atoms with Crippen molar-refractivity contribution >= 4 is 23.8 Å². The first kappa shape index (κ1) is 26.2. The Labute approximate surface area is 216 Å². The summed E-state index contributed by atoms with van der Waals surface area (Å²) in [5, 5.41) is 7.32. The summed E-state index contributed by atoms with van der Waals surface area (Å²) in [6.45, 7) is 2.52. The molecule has 3 N–H and O–H groups in total. The Kier molecular flexibility index (Phi) is 8.43. The molecule has 9 heteroatoms. The molecule has 1 aliphatic heterocycles. The van der Waals surface area contributed by atoms with E-state index in [4.69, 9.17) is 9.47 Å². The molecule has 0 aromatic heterocycles. The molecular formula is C28H33N3O6. The van der Waals surface area contributed by atoms with E-state index in [0.29, 0.717) is 43.1 Å². The third-order valence-corrected chi connectivity index (χ3v) is 6.82. The Hall–Kier alpha value is -3.88. The molecule has 0 unspecified atom stereocenters. The van der Waals surface area contributed by atoms with Crippen LogP contribution in [0.15, 0.2) is 48.5 Å². The average molecular weight is 508 g/mol. The summed E-state index contributed by atoms with van der Waals surface area (Å²) < 4.78 is 12.0. The van der Waals surface area contributed by atoms with Crippen LogP contribution in [0.2, 0.25) is 0 Å². The summed E-state index contributed by atoms with van der Waals surface area (Å²) in [4.78, 5) is 49.4. The molecule has 1 saturated heterocycles. The lowest BCUT2D eigenvalue weighted by Gasteiger charge is -2.41. The van der Waals surface area contributed by atoms with E-state index < -0.39 is 23.4 Å². The van der Waals surface area contributed by atoms with Gasteiger partial charge in [0.15, 0.2) is 0 Å². The second-order valence-electron chi connectivity index (χ2n) is 9.51. The maximum atomic E-state index is 12.9. The summed E-state index contributed by atoms with van der Waals surface area (Å²) in [6, 6.07) is 13.2. The zero-order chi connectivity index (χ0) is 26.3. The fraction of sp³-hybridized carbons (Fsp3) is 0.429. The van der Waals surface area contributed by atoms with Crippen LogP contribution >= 0.6 is 0 Å². The number of urea groups is 1. The number of amides is 5. The third-order valence-electron chi connectivity index (χ3n) is 6.82. The number of barbiturate groups is 1. The minimum atomic E-state index is -1.79. The molecule has 1 saturated carbocycles. The topological polar surface area (TPSA) is 123 Å². The van der Waals surface area contributed by atoms with E-state index in [-0.39, 0.29) is 11.8 Å². The molecular weight excluding hydrogens is 474 g/mol. The van der Waals surface area contributed by atoms with Gasteiger partial charge in [-0.2, -0.15) is 0 Å². The molecule has 5 amide bonds. The van der Waals surface area contributed by atoms with Gasteiger partial charge < -0.3 is 14.8 Å². The number of carbonyl (C=O) groups is 4. The van der Waals surface area contributed by atoms with Crippen LogP contribution < -0.4 is 25.4 Å². The molecule has 0 bridgehead atoms. The maximum absolute atomic E-state index is 12.9. The van der Waals surface area contributed by atoms with Gasteiger partial charge in [-0.3, -0.25) is 25.0 Å². The predicted molar refractivity (Wildman–Crippen MR) is 136 cm³/mol. The Morgan fingerprint density at radius 2 is 1.46 bits per heavy atom. The molecule has 37 heavy (non-hydrogen) atoms. The molecule has 1 heterocycles. The first-order chi connectivity index (χ1) is 17.9. The van der Waals surface area contributed by atoms with Crippen LogP contribution in [0.1, 0.15) is 63.9 Å². The molecule has 0 spiro atoms. The van der Waals surface area contributed by atoms with E-state index >= 15 is 0 Å². The van der Waals surface area contributed by atoms with E-state index in [0.717, 1.165) is 37.7 Å². The van der Waals surface area contributed by atoms with Crippen LogP contribution in [0, 0.1) is 5.92 Å². The van der Waals surface area contributed by atoms with Gasteiger partial charge in [-0.15, -0.1) is 0 Å². The van der Waals surface area contributed by atoms with Gasteiger partial charge in [0.25, 0.3) is 17.4 Å². The number of nitrogens with one attached hydrogen (secondary N) is 3. The zero-order valence-corrected chi connectivity index (χ0v) is 21.0. The standard InChI is InChI=1S/C28H33N3O6/c1-2-3-9-24(32)29-18-19-10-12-21(13-11-19)36-22-14-16-23(17-15-22)37-28(20-7-5-4-6-8-20)25(33)30-27(35)31-26(28)34/h10-17,20H,2-9,18H2,1H3,(H,29,32)(H2,30,31,33,34,35). The number of rotatable bonds is 10. The van der Waals surface area contributed by atoms with E-state index in [2.05, 4.69) is 22.9 Å². The summed E-state index contributed by atoms with van der Waals surface area (Å²) in [5.74, 6) is -0.243. The lowest BCUT2D eigenvalue weighted by molar-refractivity contribution is -0.158. The Bertz CT molecular complexity index is 1100. The highest BCUT2D eigenvalue weighted by Gasteiger charge is 2.58. The van der Waals surface area contributed by atoms with Gasteiger partial charge in [0, 0.05) is 18.9 Å². The van der Waals surface area contributed by atoms with Gasteiger partial charge in [-0.05, 0) is 61.2 Å². The Balaban J connectivity index is 1.40. The quantitative estimate of drug-likeness (QED) is 0.411. The molecule has 1 aliphatic carbocycles. The van der Waals surface area contributed by atoms with Gasteiger partial charge in [0.2, 0.25) is 5.91 Å². The van der Waals surface area contributed by atoms with E-state index in [1.54, 1.807) is 24.3 Å². The van der Waals surface area contributed by atoms with Crippen LogP contribution in [0.5, 0.6) is 17.2 Å². The molecule has 4 rings (SSSR count). The third kappa shape index (κ3) is 6.28. The van der Waals surface area contributed by atoms with Crippen molar-refractivity contribution in [1.29, 1.82) is 0 Å². The minimum Gasteiger partial charge on any atom is -0.467 e. The lowest BCUT2D eigenvalue weighted by atomic mass is 9.75. The number of carbonyl (C=O) groups excluding carboxylic acids is 4. The number of hydrogen-bond donors (Lipinski definition) is 3. The van der Waals surface area contributed by atoms with Gasteiger partial charge >= 0.3 is 6.03 Å². The summed E-state index contributed by atoms with van der Waals surface area (Å²) >= 11 is 0. The fourth-order valence-corrected chi connectivity index (χ4v) is 4.78. The summed E-state index contributed by atoms with van der Waals surface area (Å²) in [5.41, 5.74) is -0.824. The predicted octanol–water partition coefficient (Wildman–Crippen LogP) is 4.35. The molecule has 2 aliphatic rings. The first-order valence-corrected chi connectivity index (χ1v) is 12.9. The van der Waals surface area contributed by atoms with Gasteiger partial charge in [-0.25, -0.2) is 4.79 Å². The zero-order valence-electron chi connectivity index (χ0n) is 21.0. The van der Waals surface area contributed by atoms with Crippen LogP contribution in [0.4, 0.5) is 4.79 Å². The molecule has 9 nitrogen and oxygen atoms in total. The van der Waals surface area contributed by atoms with E-state index in [9.17, 15) is 19.2 Å². The summed E-state index contributed by atoms with van der Waals surface area (Å²) in [7, 11) is 0. The van der Waals surface area contributed by atoms with Gasteiger partial charge in [-0.1, -0.05) is 44.7 Å². The second-order valence-corrected chi connectivity index (χ2v) is 9.51. The van der Waals surface area contributed by atoms with Crippen molar-refractivity contribution in [2.75, 3.05) is 0 Å². The highest BCUT2D eigenvalue weighted by Crippen LogP contribution is 2.38. The van der Waals surface area contributed by atoms with Crippen LogP contribution in [-0.2, 0) is 20.9 Å². The average Bonchev–Trinajstić information content (AvgIpc) is 2.90. The number of benzene rings is 2. The Morgan fingerprint density at radius 1 is 0.892 bits per heavy atom. The van der Waals surface area contributed by atoms with E-state index in [1.165, 1.54) is 0 Å². The number of unbranched alkanes of at least 4 members (excludes halogenated alkanes) is 1. The highest BCUT2D eigenvalue weighted by atomic mass is 16.5. The summed E-state index contributed by atoms with van der Waals surface area (Å²) in [6.07, 6.45) is 6.54. The van der Waals surface area contributed by atoms with Crippen molar-refractivity contribution in [2.24, 2.45) is 5.92 Å². The van der Waals surface area contributed by atoms with Crippen LogP contribution in [0.25, 0.3) is 0 Å². The van der Waals surface area contributed by atoms with Crippen molar-refractivity contribution in [3.05, 3.63) is 54.1 Å².